The summed E-state index contributed by atoms with van der Waals surface area (Å²) < 4.78 is 27.0. The van der Waals surface area contributed by atoms with Gasteiger partial charge in [0, 0.05) is 31.1 Å². The minimum absolute atomic E-state index is 0.157. The molecule has 0 bridgehead atoms. The van der Waals surface area contributed by atoms with Crippen LogP contribution in [0.5, 0.6) is 5.88 Å². The zero-order valence-electron chi connectivity index (χ0n) is 17.6. The lowest BCUT2D eigenvalue weighted by atomic mass is 10.1. The lowest BCUT2D eigenvalue weighted by Crippen LogP contribution is -2.29. The number of hydrogen-bond acceptors (Lipinski definition) is 7. The Morgan fingerprint density at radius 3 is 2.87 bits per heavy atom. The topological polar surface area (TPSA) is 86.3 Å². The summed E-state index contributed by atoms with van der Waals surface area (Å²) in [6, 6.07) is 1.56. The predicted molar refractivity (Wildman–Crippen MR) is 114 cm³/mol. The minimum atomic E-state index is -0.472. The molecule has 10 heteroatoms. The molecule has 1 aliphatic rings. The van der Waals surface area contributed by atoms with E-state index in [0.29, 0.717) is 60.2 Å². The summed E-state index contributed by atoms with van der Waals surface area (Å²) in [6.07, 6.45) is 4.06. The SMILES string of the molecule is CCCn1ncc(N2CC[C@@H](Oc3cc(-c4c(C)noc4C)c(F)cn3)C2)c(Cl)c1=O. The summed E-state index contributed by atoms with van der Waals surface area (Å²) in [6.45, 7) is 7.15. The van der Waals surface area contributed by atoms with Gasteiger partial charge in [0.1, 0.15) is 22.7 Å². The highest BCUT2D eigenvalue weighted by Gasteiger charge is 2.28. The van der Waals surface area contributed by atoms with Crippen molar-refractivity contribution < 1.29 is 13.7 Å². The molecule has 1 aliphatic heterocycles. The van der Waals surface area contributed by atoms with E-state index < -0.39 is 5.82 Å². The highest BCUT2D eigenvalue weighted by atomic mass is 35.5. The maximum Gasteiger partial charge on any atom is 0.287 e. The van der Waals surface area contributed by atoms with Crippen molar-refractivity contribution >= 4 is 17.3 Å². The van der Waals surface area contributed by atoms with Gasteiger partial charge in [-0.15, -0.1) is 0 Å². The Balaban J connectivity index is 1.51. The number of ether oxygens (including phenoxy) is 1. The molecule has 3 aromatic heterocycles. The Hall–Kier alpha value is -2.94. The number of aromatic nitrogens is 4. The molecule has 0 N–H and O–H groups in total. The van der Waals surface area contributed by atoms with Crippen LogP contribution in [0.2, 0.25) is 5.02 Å². The molecule has 1 atom stereocenters. The van der Waals surface area contributed by atoms with Gasteiger partial charge in [0.25, 0.3) is 5.56 Å². The van der Waals surface area contributed by atoms with Gasteiger partial charge >= 0.3 is 0 Å². The molecule has 0 aliphatic carbocycles. The van der Waals surface area contributed by atoms with Crippen LogP contribution in [-0.4, -0.2) is 39.1 Å². The number of pyridine rings is 1. The maximum atomic E-state index is 14.4. The van der Waals surface area contributed by atoms with Gasteiger partial charge in [-0.1, -0.05) is 23.7 Å². The third-order valence-electron chi connectivity index (χ3n) is 5.31. The Bertz CT molecular complexity index is 1140. The predicted octanol–water partition coefficient (Wildman–Crippen LogP) is 3.77. The molecular weight excluding hydrogens is 425 g/mol. The molecule has 1 fully saturated rings. The maximum absolute atomic E-state index is 14.4. The van der Waals surface area contributed by atoms with Crippen LogP contribution in [0.3, 0.4) is 0 Å². The molecular formula is C21H23ClFN5O3. The monoisotopic (exact) mass is 447 g/mol. The van der Waals surface area contributed by atoms with Crippen LogP contribution in [0.25, 0.3) is 11.1 Å². The van der Waals surface area contributed by atoms with Crippen molar-refractivity contribution in [2.24, 2.45) is 0 Å². The van der Waals surface area contributed by atoms with Gasteiger partial charge < -0.3 is 14.2 Å². The molecule has 4 heterocycles. The summed E-state index contributed by atoms with van der Waals surface area (Å²) >= 11 is 6.32. The Morgan fingerprint density at radius 1 is 1.35 bits per heavy atom. The van der Waals surface area contributed by atoms with Gasteiger partial charge in [0.05, 0.1) is 35.9 Å². The van der Waals surface area contributed by atoms with Gasteiger partial charge in [0.15, 0.2) is 0 Å². The first-order valence-corrected chi connectivity index (χ1v) is 10.5. The quantitative estimate of drug-likeness (QED) is 0.568. The summed E-state index contributed by atoms with van der Waals surface area (Å²) in [4.78, 5) is 18.4. The lowest BCUT2D eigenvalue weighted by molar-refractivity contribution is 0.215. The summed E-state index contributed by atoms with van der Waals surface area (Å²) in [5.41, 5.74) is 1.83. The fourth-order valence-corrected chi connectivity index (χ4v) is 4.07. The molecule has 31 heavy (non-hydrogen) atoms. The van der Waals surface area contributed by atoms with E-state index in [1.165, 1.54) is 4.68 Å². The molecule has 0 unspecified atom stereocenters. The van der Waals surface area contributed by atoms with Crippen molar-refractivity contribution in [2.75, 3.05) is 18.0 Å². The van der Waals surface area contributed by atoms with Crippen molar-refractivity contribution in [2.45, 2.75) is 46.3 Å². The Labute approximate surface area is 183 Å². The van der Waals surface area contributed by atoms with Crippen LogP contribution in [0.4, 0.5) is 10.1 Å². The lowest BCUT2D eigenvalue weighted by Gasteiger charge is -2.20. The molecule has 164 valence electrons. The van der Waals surface area contributed by atoms with E-state index in [1.54, 1.807) is 26.1 Å². The largest absolute Gasteiger partial charge is 0.472 e. The third-order valence-corrected chi connectivity index (χ3v) is 5.66. The number of halogens is 2. The number of aryl methyl sites for hydroxylation is 3. The summed E-state index contributed by atoms with van der Waals surface area (Å²) in [7, 11) is 0. The van der Waals surface area contributed by atoms with Crippen LogP contribution in [0, 0.1) is 19.7 Å². The second-order valence-electron chi connectivity index (χ2n) is 7.55. The normalized spacial score (nSPS) is 16.2. The molecule has 0 radical (unpaired) electrons. The van der Waals surface area contributed by atoms with Gasteiger partial charge in [0.2, 0.25) is 5.88 Å². The molecule has 4 rings (SSSR count). The molecule has 0 saturated carbocycles. The molecule has 3 aromatic rings. The van der Waals surface area contributed by atoms with Crippen molar-refractivity contribution in [1.82, 2.24) is 19.9 Å². The van der Waals surface area contributed by atoms with Gasteiger partial charge in [-0.2, -0.15) is 5.10 Å². The van der Waals surface area contributed by atoms with E-state index in [2.05, 4.69) is 15.2 Å². The number of anilines is 1. The zero-order chi connectivity index (χ0) is 22.1. The first-order chi connectivity index (χ1) is 14.9. The smallest absolute Gasteiger partial charge is 0.287 e. The first-order valence-electron chi connectivity index (χ1n) is 10.1. The molecule has 0 spiro atoms. The highest BCUT2D eigenvalue weighted by Crippen LogP contribution is 2.32. The zero-order valence-corrected chi connectivity index (χ0v) is 18.3. The van der Waals surface area contributed by atoms with Gasteiger partial charge in [-0.25, -0.2) is 14.1 Å². The van der Waals surface area contributed by atoms with E-state index in [-0.39, 0.29) is 16.7 Å². The third kappa shape index (κ3) is 4.14. The summed E-state index contributed by atoms with van der Waals surface area (Å²) in [5.74, 6) is 0.367. The van der Waals surface area contributed by atoms with E-state index in [9.17, 15) is 9.18 Å². The van der Waals surface area contributed by atoms with Crippen LogP contribution in [0.15, 0.2) is 27.8 Å². The first kappa shape index (κ1) is 21.3. The number of nitrogens with zero attached hydrogens (tertiary/aromatic N) is 5. The van der Waals surface area contributed by atoms with Gasteiger partial charge in [-0.3, -0.25) is 4.79 Å². The average Bonchev–Trinajstić information content (AvgIpc) is 3.33. The average molecular weight is 448 g/mol. The van der Waals surface area contributed by atoms with E-state index in [1.807, 2.05) is 11.8 Å². The van der Waals surface area contributed by atoms with E-state index in [0.717, 1.165) is 12.6 Å². The van der Waals surface area contributed by atoms with Crippen LogP contribution in [-0.2, 0) is 6.54 Å². The number of hydrogen-bond donors (Lipinski definition) is 0. The van der Waals surface area contributed by atoms with Gasteiger partial charge in [-0.05, 0) is 20.3 Å². The standard InChI is InChI=1S/C21H23ClFN5O3/c1-4-6-28-21(29)20(22)17(10-25-28)27-7-5-14(11-27)30-18-8-15(16(23)9-24-18)19-12(2)26-31-13(19)3/h8-10,14H,4-7,11H2,1-3H3/t14-/m1/s1. The van der Waals surface area contributed by atoms with Crippen LogP contribution in [0.1, 0.15) is 31.2 Å². The van der Waals surface area contributed by atoms with E-state index >= 15 is 0 Å². The highest BCUT2D eigenvalue weighted by molar-refractivity contribution is 6.33. The van der Waals surface area contributed by atoms with E-state index in [4.69, 9.17) is 20.9 Å². The van der Waals surface area contributed by atoms with Crippen molar-refractivity contribution in [3.63, 3.8) is 0 Å². The minimum Gasteiger partial charge on any atom is -0.472 e. The number of rotatable bonds is 6. The van der Waals surface area contributed by atoms with Crippen LogP contribution < -0.4 is 15.2 Å². The molecule has 1 saturated heterocycles. The van der Waals surface area contributed by atoms with Crippen molar-refractivity contribution in [3.8, 4) is 17.0 Å². The van der Waals surface area contributed by atoms with Crippen molar-refractivity contribution in [3.05, 3.63) is 51.1 Å². The summed E-state index contributed by atoms with van der Waals surface area (Å²) in [5, 5.41) is 8.26. The molecule has 0 aromatic carbocycles. The second-order valence-corrected chi connectivity index (χ2v) is 7.93. The van der Waals surface area contributed by atoms with Crippen molar-refractivity contribution in [1.29, 1.82) is 0 Å². The molecule has 0 amide bonds. The second kappa shape index (κ2) is 8.66. The fraction of sp³-hybridized carbons (Fsp3) is 0.429. The van der Waals surface area contributed by atoms with Crippen LogP contribution >= 0.6 is 11.6 Å². The Kier molecular flexibility index (Phi) is 5.95. The fourth-order valence-electron chi connectivity index (χ4n) is 3.80. The Morgan fingerprint density at radius 2 is 2.16 bits per heavy atom. The molecule has 8 nitrogen and oxygen atoms in total.